The second-order valence-corrected chi connectivity index (χ2v) is 3.69. The lowest BCUT2D eigenvalue weighted by Crippen LogP contribution is -2.40. The van der Waals surface area contributed by atoms with E-state index in [0.29, 0.717) is 0 Å². The third-order valence-electron chi connectivity index (χ3n) is 2.41. The van der Waals surface area contributed by atoms with Gasteiger partial charge in [0.25, 0.3) is 0 Å². The summed E-state index contributed by atoms with van der Waals surface area (Å²) in [4.78, 5) is 24.1. The molecule has 0 radical (unpaired) electrons. The molecule has 0 atom stereocenters. The Balaban J connectivity index is 5.39. The van der Waals surface area contributed by atoms with Crippen molar-refractivity contribution in [1.29, 1.82) is 0 Å². The minimum Gasteiger partial charge on any atom is -0.465 e. The molecule has 0 aromatic heterocycles. The van der Waals surface area contributed by atoms with Gasteiger partial charge in [-0.3, -0.25) is 9.59 Å². The maximum atomic E-state index is 12.1. The van der Waals surface area contributed by atoms with Gasteiger partial charge >= 0.3 is 11.9 Å². The van der Waals surface area contributed by atoms with E-state index in [-0.39, 0.29) is 19.6 Å². The highest BCUT2D eigenvalue weighted by Crippen LogP contribution is 2.29. The highest BCUT2D eigenvalue weighted by Gasteiger charge is 2.45. The average Bonchev–Trinajstić information content (AvgIpc) is 2.35. The van der Waals surface area contributed by atoms with Gasteiger partial charge < -0.3 is 9.47 Å². The van der Waals surface area contributed by atoms with Crippen molar-refractivity contribution < 1.29 is 19.1 Å². The van der Waals surface area contributed by atoms with Crippen LogP contribution in [0.5, 0.6) is 0 Å². The zero-order valence-corrected chi connectivity index (χ0v) is 11.6. The summed E-state index contributed by atoms with van der Waals surface area (Å²) in [7, 11) is 0. The Morgan fingerprint density at radius 1 is 1.00 bits per heavy atom. The molecule has 0 saturated carbocycles. The molecule has 0 bridgehead atoms. The lowest BCUT2D eigenvalue weighted by atomic mass is 9.83. The Morgan fingerprint density at radius 3 is 1.83 bits per heavy atom. The predicted molar refractivity (Wildman–Crippen MR) is 69.9 cm³/mol. The predicted octanol–water partition coefficient (Wildman–Crippen LogP) is 2.64. The van der Waals surface area contributed by atoms with Gasteiger partial charge in [-0.15, -0.1) is 0 Å². The number of hydrogen-bond donors (Lipinski definition) is 0. The van der Waals surface area contributed by atoms with Crippen LogP contribution in [0.3, 0.4) is 0 Å². The summed E-state index contributed by atoms with van der Waals surface area (Å²) in [5.41, 5.74) is -1.37. The number of carbonyl (C=O) groups excluding carboxylic acids is 2. The molecule has 4 heteroatoms. The lowest BCUT2D eigenvalue weighted by molar-refractivity contribution is -0.167. The van der Waals surface area contributed by atoms with Gasteiger partial charge in [0.05, 0.1) is 13.2 Å². The van der Waals surface area contributed by atoms with Crippen molar-refractivity contribution in [3.8, 4) is 0 Å². The first-order chi connectivity index (χ1) is 8.58. The molecular formula is C14H22O4. The molecule has 0 aliphatic carbocycles. The molecule has 0 fully saturated rings. The first-order valence-corrected chi connectivity index (χ1v) is 6.18. The molecule has 18 heavy (non-hydrogen) atoms. The van der Waals surface area contributed by atoms with Crippen molar-refractivity contribution in [3.05, 3.63) is 24.3 Å². The summed E-state index contributed by atoms with van der Waals surface area (Å²) in [6.45, 7) is 7.46. The van der Waals surface area contributed by atoms with Crippen LogP contribution in [0.15, 0.2) is 24.3 Å². The summed E-state index contributed by atoms with van der Waals surface area (Å²) in [6, 6.07) is 0. The van der Waals surface area contributed by atoms with Crippen LogP contribution in [0, 0.1) is 5.41 Å². The van der Waals surface area contributed by atoms with E-state index >= 15 is 0 Å². The summed E-state index contributed by atoms with van der Waals surface area (Å²) in [6.07, 6.45) is 7.00. The summed E-state index contributed by atoms with van der Waals surface area (Å²) in [5, 5.41) is 0. The third kappa shape index (κ3) is 4.02. The maximum Gasteiger partial charge on any atom is 0.327 e. The van der Waals surface area contributed by atoms with Gasteiger partial charge in [0.1, 0.15) is 0 Å². The van der Waals surface area contributed by atoms with Crippen molar-refractivity contribution >= 4 is 11.9 Å². The molecule has 0 aromatic rings. The van der Waals surface area contributed by atoms with E-state index < -0.39 is 17.4 Å². The fraction of sp³-hybridized carbons (Fsp3) is 0.571. The molecule has 0 heterocycles. The second-order valence-electron chi connectivity index (χ2n) is 3.69. The van der Waals surface area contributed by atoms with Crippen LogP contribution in [-0.4, -0.2) is 25.2 Å². The fourth-order valence-corrected chi connectivity index (χ4v) is 1.56. The molecule has 0 unspecified atom stereocenters. The molecule has 0 rings (SSSR count). The molecule has 0 saturated heterocycles. The molecular weight excluding hydrogens is 232 g/mol. The van der Waals surface area contributed by atoms with Crippen LogP contribution in [-0.2, 0) is 19.1 Å². The average molecular weight is 254 g/mol. The first-order valence-electron chi connectivity index (χ1n) is 6.18. The molecule has 0 spiro atoms. The quantitative estimate of drug-likeness (QED) is 0.398. The Kier molecular flexibility index (Phi) is 7.76. The number of esters is 2. The molecule has 4 nitrogen and oxygen atoms in total. The van der Waals surface area contributed by atoms with Crippen LogP contribution in [0.1, 0.15) is 34.1 Å². The van der Waals surface area contributed by atoms with E-state index in [1.807, 2.05) is 6.92 Å². The van der Waals surface area contributed by atoms with E-state index in [1.165, 1.54) is 0 Å². The Bertz CT molecular complexity index is 311. The van der Waals surface area contributed by atoms with Gasteiger partial charge in [-0.1, -0.05) is 24.3 Å². The number of rotatable bonds is 7. The summed E-state index contributed by atoms with van der Waals surface area (Å²) < 4.78 is 10.00. The van der Waals surface area contributed by atoms with Crippen molar-refractivity contribution in [3.63, 3.8) is 0 Å². The van der Waals surface area contributed by atoms with Gasteiger partial charge in [0.15, 0.2) is 5.41 Å². The number of ether oxygens (including phenoxy) is 2. The van der Waals surface area contributed by atoms with E-state index in [0.717, 1.165) is 0 Å². The SMILES string of the molecule is C/C=C/CC(/C=C/C)(C(=O)OCC)C(=O)OCC. The summed E-state index contributed by atoms with van der Waals surface area (Å²) in [5.74, 6) is -1.14. The van der Waals surface area contributed by atoms with Crippen LogP contribution in [0.25, 0.3) is 0 Å². The maximum absolute atomic E-state index is 12.1. The third-order valence-corrected chi connectivity index (χ3v) is 2.41. The largest absolute Gasteiger partial charge is 0.465 e. The minimum absolute atomic E-state index is 0.230. The van der Waals surface area contributed by atoms with Crippen LogP contribution < -0.4 is 0 Å². The van der Waals surface area contributed by atoms with Gasteiger partial charge in [-0.05, 0) is 34.1 Å². The van der Waals surface area contributed by atoms with E-state index in [2.05, 4.69) is 0 Å². The molecule has 0 amide bonds. The Hall–Kier alpha value is -1.58. The number of carbonyl (C=O) groups is 2. The molecule has 0 aliphatic rings. The highest BCUT2D eigenvalue weighted by molar-refractivity contribution is 6.02. The Morgan fingerprint density at radius 2 is 1.50 bits per heavy atom. The van der Waals surface area contributed by atoms with E-state index in [4.69, 9.17) is 9.47 Å². The molecule has 0 N–H and O–H groups in total. The van der Waals surface area contributed by atoms with Crippen LogP contribution >= 0.6 is 0 Å². The van der Waals surface area contributed by atoms with Crippen LogP contribution in [0.2, 0.25) is 0 Å². The van der Waals surface area contributed by atoms with Crippen LogP contribution in [0.4, 0.5) is 0 Å². The van der Waals surface area contributed by atoms with Crippen molar-refractivity contribution in [1.82, 2.24) is 0 Å². The number of hydrogen-bond acceptors (Lipinski definition) is 4. The number of allylic oxidation sites excluding steroid dienone is 3. The standard InChI is InChI=1S/C14H22O4/c1-5-9-11-14(10-6-2,12(15)17-7-3)13(16)18-8-4/h5-6,9-10H,7-8,11H2,1-4H3/b9-5+,10-6+. The van der Waals surface area contributed by atoms with Gasteiger partial charge in [-0.2, -0.15) is 0 Å². The van der Waals surface area contributed by atoms with E-state index in [9.17, 15) is 9.59 Å². The van der Waals surface area contributed by atoms with Crippen molar-refractivity contribution in [2.75, 3.05) is 13.2 Å². The molecule has 0 aliphatic heterocycles. The van der Waals surface area contributed by atoms with E-state index in [1.54, 1.807) is 45.1 Å². The lowest BCUT2D eigenvalue weighted by Gasteiger charge is -2.24. The smallest absolute Gasteiger partial charge is 0.327 e. The highest BCUT2D eigenvalue weighted by atomic mass is 16.6. The van der Waals surface area contributed by atoms with Gasteiger partial charge in [0.2, 0.25) is 0 Å². The Labute approximate surface area is 109 Å². The molecule has 0 aromatic carbocycles. The second kappa shape index (κ2) is 8.50. The fourth-order valence-electron chi connectivity index (χ4n) is 1.56. The summed E-state index contributed by atoms with van der Waals surface area (Å²) >= 11 is 0. The monoisotopic (exact) mass is 254 g/mol. The van der Waals surface area contributed by atoms with Crippen molar-refractivity contribution in [2.45, 2.75) is 34.1 Å². The zero-order valence-electron chi connectivity index (χ0n) is 11.6. The zero-order chi connectivity index (χ0) is 14.0. The normalized spacial score (nSPS) is 12.0. The van der Waals surface area contributed by atoms with Gasteiger partial charge in [0, 0.05) is 0 Å². The first kappa shape index (κ1) is 16.4. The van der Waals surface area contributed by atoms with Gasteiger partial charge in [-0.25, -0.2) is 0 Å². The minimum atomic E-state index is -1.37. The topological polar surface area (TPSA) is 52.6 Å². The van der Waals surface area contributed by atoms with Crippen molar-refractivity contribution in [2.24, 2.45) is 5.41 Å². The molecule has 102 valence electrons.